The molecule has 1 aromatic heterocycles. The molecule has 0 radical (unpaired) electrons. The topological polar surface area (TPSA) is 92.9 Å². The molecule has 7 nitrogen and oxygen atoms in total. The van der Waals surface area contributed by atoms with E-state index in [2.05, 4.69) is 34.7 Å². The predicted molar refractivity (Wildman–Crippen MR) is 81.9 cm³/mol. The van der Waals surface area contributed by atoms with Crippen LogP contribution in [0.15, 0.2) is 5.16 Å². The molecule has 0 bridgehead atoms. The van der Waals surface area contributed by atoms with Crippen LogP contribution < -0.4 is 5.32 Å². The molecule has 0 saturated carbocycles. The summed E-state index contributed by atoms with van der Waals surface area (Å²) in [7, 11) is 1.77. The molecule has 1 rings (SSSR count). The molecule has 0 aliphatic heterocycles. The minimum atomic E-state index is 0.00503. The van der Waals surface area contributed by atoms with Crippen molar-refractivity contribution in [3.05, 3.63) is 0 Å². The third-order valence-electron chi connectivity index (χ3n) is 3.94. The molecule has 21 heavy (non-hydrogen) atoms. The second-order valence-electron chi connectivity index (χ2n) is 5.14. The van der Waals surface area contributed by atoms with Crippen molar-refractivity contribution in [2.75, 3.05) is 18.9 Å². The highest BCUT2D eigenvalue weighted by Crippen LogP contribution is 2.29. The van der Waals surface area contributed by atoms with Gasteiger partial charge >= 0.3 is 0 Å². The quantitative estimate of drug-likeness (QED) is 0.626. The Morgan fingerprint density at radius 3 is 2.67 bits per heavy atom. The molecule has 1 heterocycles. The number of hydrogen-bond acceptors (Lipinski definition) is 6. The van der Waals surface area contributed by atoms with Gasteiger partial charge in [-0.2, -0.15) is 0 Å². The number of hydrogen-bond donors (Lipinski definition) is 2. The molecule has 1 aromatic rings. The molecule has 8 heteroatoms. The van der Waals surface area contributed by atoms with Crippen LogP contribution >= 0.6 is 11.8 Å². The Morgan fingerprint density at radius 2 is 2.14 bits per heavy atom. The number of aromatic nitrogens is 4. The third kappa shape index (κ3) is 5.62. The monoisotopic (exact) mass is 315 g/mol. The Hall–Kier alpha value is -1.15. The van der Waals surface area contributed by atoms with Gasteiger partial charge in [0.25, 0.3) is 0 Å². The summed E-state index contributed by atoms with van der Waals surface area (Å²) in [5.74, 6) is 0.674. The van der Waals surface area contributed by atoms with Crippen LogP contribution in [0.1, 0.15) is 39.5 Å². The molecule has 0 atom stereocenters. The van der Waals surface area contributed by atoms with Crippen LogP contribution in [0.25, 0.3) is 0 Å². The number of thioether (sulfide) groups is 1. The van der Waals surface area contributed by atoms with Gasteiger partial charge in [0.1, 0.15) is 0 Å². The fourth-order valence-electron chi connectivity index (χ4n) is 2.13. The lowest BCUT2D eigenvalue weighted by atomic mass is 9.79. The molecule has 0 fully saturated rings. The Morgan fingerprint density at radius 1 is 1.43 bits per heavy atom. The van der Waals surface area contributed by atoms with Gasteiger partial charge in [-0.05, 0) is 35.1 Å². The number of amides is 1. The SMILES string of the molecule is CCC(CC)(CCO)CNC(=O)CCSc1nnnn1C. The van der Waals surface area contributed by atoms with Gasteiger partial charge in [-0.15, -0.1) is 5.10 Å². The van der Waals surface area contributed by atoms with Crippen LogP contribution in [0.3, 0.4) is 0 Å². The molecule has 2 N–H and O–H groups in total. The molecular formula is C13H25N5O2S. The normalized spacial score (nSPS) is 11.6. The van der Waals surface area contributed by atoms with Gasteiger partial charge in [0, 0.05) is 32.4 Å². The molecule has 0 spiro atoms. The molecular weight excluding hydrogens is 290 g/mol. The lowest BCUT2D eigenvalue weighted by Crippen LogP contribution is -2.37. The number of nitrogens with zero attached hydrogens (tertiary/aromatic N) is 4. The van der Waals surface area contributed by atoms with Gasteiger partial charge in [-0.1, -0.05) is 25.6 Å². The number of aryl methyl sites for hydroxylation is 1. The molecule has 0 saturated heterocycles. The Labute approximate surface area is 129 Å². The summed E-state index contributed by atoms with van der Waals surface area (Å²) in [6.45, 7) is 4.98. The number of aliphatic hydroxyl groups is 1. The van der Waals surface area contributed by atoms with E-state index in [1.54, 1.807) is 11.7 Å². The van der Waals surface area contributed by atoms with Crippen LogP contribution in [0, 0.1) is 5.41 Å². The van der Waals surface area contributed by atoms with E-state index in [-0.39, 0.29) is 17.9 Å². The van der Waals surface area contributed by atoms with Gasteiger partial charge in [0.2, 0.25) is 11.1 Å². The van der Waals surface area contributed by atoms with Gasteiger partial charge in [-0.3, -0.25) is 4.79 Å². The number of aliphatic hydroxyl groups excluding tert-OH is 1. The molecule has 0 unspecified atom stereocenters. The summed E-state index contributed by atoms with van der Waals surface area (Å²) < 4.78 is 1.59. The average Bonchev–Trinajstić information content (AvgIpc) is 2.89. The zero-order valence-corrected chi connectivity index (χ0v) is 13.8. The van der Waals surface area contributed by atoms with Gasteiger partial charge < -0.3 is 10.4 Å². The van der Waals surface area contributed by atoms with E-state index in [1.807, 2.05) is 0 Å². The standard InChI is InChI=1S/C13H25N5O2S/c1-4-13(5-2,7-8-19)10-14-11(20)6-9-21-12-15-16-17-18(12)3/h19H,4-10H2,1-3H3,(H,14,20). The molecule has 0 aromatic carbocycles. The average molecular weight is 315 g/mol. The fourth-order valence-corrected chi connectivity index (χ4v) is 2.92. The maximum atomic E-state index is 11.9. The number of nitrogens with one attached hydrogen (secondary N) is 1. The zero-order chi connectivity index (χ0) is 15.7. The summed E-state index contributed by atoms with van der Waals surface area (Å²) in [4.78, 5) is 11.9. The zero-order valence-electron chi connectivity index (χ0n) is 13.0. The van der Waals surface area contributed by atoms with E-state index in [1.165, 1.54) is 11.8 Å². The largest absolute Gasteiger partial charge is 0.396 e. The van der Waals surface area contributed by atoms with E-state index in [4.69, 9.17) is 5.11 Å². The summed E-state index contributed by atoms with van der Waals surface area (Å²) in [5.41, 5.74) is 0.00503. The molecule has 0 aliphatic carbocycles. The fraction of sp³-hybridized carbons (Fsp3) is 0.846. The number of tetrazole rings is 1. The Balaban J connectivity index is 2.31. The van der Waals surface area contributed by atoms with Crippen molar-refractivity contribution in [1.29, 1.82) is 0 Å². The van der Waals surface area contributed by atoms with Crippen molar-refractivity contribution >= 4 is 17.7 Å². The van der Waals surface area contributed by atoms with E-state index in [9.17, 15) is 4.79 Å². The highest BCUT2D eigenvalue weighted by Gasteiger charge is 2.25. The van der Waals surface area contributed by atoms with Crippen LogP contribution in [-0.2, 0) is 11.8 Å². The first-order valence-electron chi connectivity index (χ1n) is 7.29. The maximum Gasteiger partial charge on any atom is 0.220 e. The minimum absolute atomic E-state index is 0.00503. The smallest absolute Gasteiger partial charge is 0.220 e. The maximum absolute atomic E-state index is 11.9. The first-order valence-corrected chi connectivity index (χ1v) is 8.28. The minimum Gasteiger partial charge on any atom is -0.396 e. The van der Waals surface area contributed by atoms with Crippen LogP contribution in [0.2, 0.25) is 0 Å². The lowest BCUT2D eigenvalue weighted by Gasteiger charge is -2.31. The van der Waals surface area contributed by atoms with Crippen LogP contribution in [0.4, 0.5) is 0 Å². The first kappa shape index (κ1) is 17.9. The third-order valence-corrected chi connectivity index (χ3v) is 4.96. The Kier molecular flexibility index (Phi) is 7.66. The number of carbonyl (C=O) groups is 1. The van der Waals surface area contributed by atoms with Crippen LogP contribution in [0.5, 0.6) is 0 Å². The van der Waals surface area contributed by atoms with E-state index in [0.717, 1.165) is 19.3 Å². The first-order chi connectivity index (χ1) is 10.1. The molecule has 0 aliphatic rings. The van der Waals surface area contributed by atoms with Gasteiger partial charge in [0.15, 0.2) is 0 Å². The van der Waals surface area contributed by atoms with Gasteiger partial charge in [-0.25, -0.2) is 4.68 Å². The van der Waals surface area contributed by atoms with E-state index < -0.39 is 0 Å². The highest BCUT2D eigenvalue weighted by atomic mass is 32.2. The molecule has 1 amide bonds. The highest BCUT2D eigenvalue weighted by molar-refractivity contribution is 7.99. The van der Waals surface area contributed by atoms with Gasteiger partial charge in [0.05, 0.1) is 0 Å². The van der Waals surface area contributed by atoms with Crippen molar-refractivity contribution in [2.24, 2.45) is 12.5 Å². The van der Waals surface area contributed by atoms with Crippen molar-refractivity contribution in [3.63, 3.8) is 0 Å². The summed E-state index contributed by atoms with van der Waals surface area (Å²) >= 11 is 1.46. The van der Waals surface area contributed by atoms with Crippen molar-refractivity contribution in [3.8, 4) is 0 Å². The second kappa shape index (κ2) is 8.99. The van der Waals surface area contributed by atoms with Crippen LogP contribution in [-0.4, -0.2) is 50.1 Å². The summed E-state index contributed by atoms with van der Waals surface area (Å²) in [6.07, 6.45) is 3.05. The summed E-state index contributed by atoms with van der Waals surface area (Å²) in [5, 5.41) is 24.0. The Bertz CT molecular complexity index is 434. The van der Waals surface area contributed by atoms with Crippen molar-refractivity contribution < 1.29 is 9.90 Å². The van der Waals surface area contributed by atoms with E-state index >= 15 is 0 Å². The molecule has 120 valence electrons. The second-order valence-corrected chi connectivity index (χ2v) is 6.20. The van der Waals surface area contributed by atoms with Crippen molar-refractivity contribution in [2.45, 2.75) is 44.7 Å². The lowest BCUT2D eigenvalue weighted by molar-refractivity contribution is -0.121. The number of carbonyl (C=O) groups excluding carboxylic acids is 1. The van der Waals surface area contributed by atoms with E-state index in [0.29, 0.717) is 23.9 Å². The summed E-state index contributed by atoms with van der Waals surface area (Å²) in [6, 6.07) is 0. The predicted octanol–water partition coefficient (Wildman–Crippen LogP) is 0.997. The number of rotatable bonds is 10. The van der Waals surface area contributed by atoms with Crippen molar-refractivity contribution in [1.82, 2.24) is 25.5 Å².